The molecule has 3 rings (SSSR count). The molecule has 1 N–H and O–H groups in total. The van der Waals surface area contributed by atoms with E-state index in [1.54, 1.807) is 6.07 Å². The van der Waals surface area contributed by atoms with Gasteiger partial charge in [0, 0.05) is 6.04 Å². The first kappa shape index (κ1) is 13.1. The first-order valence-corrected chi connectivity index (χ1v) is 7.68. The van der Waals surface area contributed by atoms with Crippen molar-refractivity contribution in [3.05, 3.63) is 35.1 Å². The molecule has 1 aromatic rings. The lowest BCUT2D eigenvalue weighted by Gasteiger charge is -2.27. The summed E-state index contributed by atoms with van der Waals surface area (Å²) >= 11 is 0. The number of hydrogen-bond acceptors (Lipinski definition) is 1. The highest BCUT2D eigenvalue weighted by Gasteiger charge is 2.47. The van der Waals surface area contributed by atoms with Gasteiger partial charge in [0.1, 0.15) is 5.82 Å². The molecule has 0 spiro atoms. The van der Waals surface area contributed by atoms with Crippen LogP contribution in [0.2, 0.25) is 0 Å². The Labute approximate surface area is 115 Å². The van der Waals surface area contributed by atoms with Gasteiger partial charge >= 0.3 is 0 Å². The highest BCUT2D eigenvalue weighted by molar-refractivity contribution is 5.27. The Bertz CT molecular complexity index is 447. The van der Waals surface area contributed by atoms with Crippen LogP contribution in [-0.2, 0) is 0 Å². The summed E-state index contributed by atoms with van der Waals surface area (Å²) in [5.74, 6) is 2.60. The largest absolute Gasteiger partial charge is 0.310 e. The van der Waals surface area contributed by atoms with Crippen molar-refractivity contribution >= 4 is 0 Å². The van der Waals surface area contributed by atoms with Crippen LogP contribution >= 0.6 is 0 Å². The molecule has 2 fully saturated rings. The monoisotopic (exact) mass is 261 g/mol. The van der Waals surface area contributed by atoms with Gasteiger partial charge in [-0.2, -0.15) is 0 Å². The van der Waals surface area contributed by atoms with Gasteiger partial charge in [-0.3, -0.25) is 0 Å². The van der Waals surface area contributed by atoms with Crippen molar-refractivity contribution in [2.45, 2.75) is 45.6 Å². The van der Waals surface area contributed by atoms with E-state index < -0.39 is 0 Å². The maximum absolute atomic E-state index is 13.8. The van der Waals surface area contributed by atoms with Crippen molar-refractivity contribution < 1.29 is 4.39 Å². The zero-order chi connectivity index (χ0) is 13.4. The summed E-state index contributed by atoms with van der Waals surface area (Å²) in [4.78, 5) is 0. The van der Waals surface area contributed by atoms with Crippen LogP contribution in [0.1, 0.15) is 49.8 Å². The molecular formula is C17H24FN. The van der Waals surface area contributed by atoms with Gasteiger partial charge in [0.2, 0.25) is 0 Å². The second kappa shape index (κ2) is 5.24. The molecule has 2 heteroatoms. The van der Waals surface area contributed by atoms with Gasteiger partial charge in [-0.1, -0.05) is 19.1 Å². The van der Waals surface area contributed by atoms with E-state index in [0.717, 1.165) is 35.9 Å². The molecule has 3 unspecified atom stereocenters. The molecule has 0 saturated heterocycles. The van der Waals surface area contributed by atoms with Gasteiger partial charge in [0.05, 0.1) is 0 Å². The summed E-state index contributed by atoms with van der Waals surface area (Å²) in [6.45, 7) is 5.04. The molecule has 0 radical (unpaired) electrons. The lowest BCUT2D eigenvalue weighted by molar-refractivity contribution is 0.341. The van der Waals surface area contributed by atoms with Gasteiger partial charge in [-0.15, -0.1) is 0 Å². The lowest BCUT2D eigenvalue weighted by atomic mass is 9.88. The molecule has 0 bridgehead atoms. The maximum atomic E-state index is 13.8. The fourth-order valence-corrected chi connectivity index (χ4v) is 3.69. The van der Waals surface area contributed by atoms with Crippen LogP contribution in [0, 0.1) is 30.5 Å². The van der Waals surface area contributed by atoms with Crippen molar-refractivity contribution in [3.8, 4) is 0 Å². The predicted octanol–water partition coefficient (Wildman–Crippen LogP) is 4.22. The lowest BCUT2D eigenvalue weighted by Crippen LogP contribution is -2.28. The normalized spacial score (nSPS) is 30.2. The molecule has 1 nitrogen and oxygen atoms in total. The van der Waals surface area contributed by atoms with E-state index in [0.29, 0.717) is 12.0 Å². The Kier molecular flexibility index (Phi) is 3.62. The minimum Gasteiger partial charge on any atom is -0.310 e. The summed E-state index contributed by atoms with van der Waals surface area (Å²) in [6, 6.07) is 6.12. The van der Waals surface area contributed by atoms with Gasteiger partial charge < -0.3 is 5.32 Å². The van der Waals surface area contributed by atoms with Crippen molar-refractivity contribution in [3.63, 3.8) is 0 Å². The fourth-order valence-electron chi connectivity index (χ4n) is 3.69. The molecular weight excluding hydrogens is 237 g/mol. The molecule has 0 amide bonds. The Morgan fingerprint density at radius 3 is 2.63 bits per heavy atom. The van der Waals surface area contributed by atoms with E-state index in [4.69, 9.17) is 0 Å². The molecule has 104 valence electrons. The summed E-state index contributed by atoms with van der Waals surface area (Å²) in [5.41, 5.74) is 1.88. The molecule has 2 saturated carbocycles. The first-order chi connectivity index (χ1) is 9.19. The van der Waals surface area contributed by atoms with E-state index in [-0.39, 0.29) is 5.82 Å². The number of fused-ring (bicyclic) bond motifs is 1. The Morgan fingerprint density at radius 1 is 1.26 bits per heavy atom. The first-order valence-electron chi connectivity index (χ1n) is 7.68. The minimum absolute atomic E-state index is 0.0658. The highest BCUT2D eigenvalue weighted by Crippen LogP contribution is 2.57. The Morgan fingerprint density at radius 2 is 2.00 bits per heavy atom. The number of rotatable bonds is 5. The Balaban J connectivity index is 1.78. The maximum Gasteiger partial charge on any atom is 0.126 e. The van der Waals surface area contributed by atoms with Gasteiger partial charge in [-0.25, -0.2) is 4.39 Å². The number of benzene rings is 1. The van der Waals surface area contributed by atoms with Gasteiger partial charge in [-0.05, 0) is 74.1 Å². The smallest absolute Gasteiger partial charge is 0.126 e. The average Bonchev–Trinajstić information content (AvgIpc) is 3.01. The van der Waals surface area contributed by atoms with E-state index in [1.807, 2.05) is 13.0 Å². The average molecular weight is 261 g/mol. The summed E-state index contributed by atoms with van der Waals surface area (Å²) in [6.07, 6.45) is 5.24. The van der Waals surface area contributed by atoms with Crippen molar-refractivity contribution in [1.82, 2.24) is 5.32 Å². The van der Waals surface area contributed by atoms with E-state index in [1.165, 1.54) is 19.3 Å². The summed E-state index contributed by atoms with van der Waals surface area (Å²) < 4.78 is 13.8. The fraction of sp³-hybridized carbons (Fsp3) is 0.647. The second-order valence-electron chi connectivity index (χ2n) is 6.43. The van der Waals surface area contributed by atoms with Crippen molar-refractivity contribution in [2.75, 3.05) is 6.54 Å². The number of nitrogens with one attached hydrogen (secondary N) is 1. The van der Waals surface area contributed by atoms with Gasteiger partial charge in [0.25, 0.3) is 0 Å². The van der Waals surface area contributed by atoms with Crippen LogP contribution in [0.5, 0.6) is 0 Å². The van der Waals surface area contributed by atoms with Crippen LogP contribution in [0.3, 0.4) is 0 Å². The van der Waals surface area contributed by atoms with E-state index >= 15 is 0 Å². The second-order valence-corrected chi connectivity index (χ2v) is 6.43. The molecule has 0 heterocycles. The molecule has 3 atom stereocenters. The SMILES string of the molecule is CCCNC(c1ccc(C)c(F)c1)C1CC2CC2C1. The molecule has 0 aliphatic heterocycles. The third-order valence-corrected chi connectivity index (χ3v) is 4.92. The van der Waals surface area contributed by atoms with Gasteiger partial charge in [0.15, 0.2) is 0 Å². The molecule has 2 aliphatic rings. The van der Waals surface area contributed by atoms with Crippen LogP contribution in [-0.4, -0.2) is 6.54 Å². The number of aryl methyl sites for hydroxylation is 1. The molecule has 2 aliphatic carbocycles. The summed E-state index contributed by atoms with van der Waals surface area (Å²) in [7, 11) is 0. The minimum atomic E-state index is -0.0658. The number of hydrogen-bond donors (Lipinski definition) is 1. The number of halogens is 1. The van der Waals surface area contributed by atoms with Crippen molar-refractivity contribution in [1.29, 1.82) is 0 Å². The highest BCUT2D eigenvalue weighted by atomic mass is 19.1. The van der Waals surface area contributed by atoms with Crippen LogP contribution in [0.25, 0.3) is 0 Å². The zero-order valence-electron chi connectivity index (χ0n) is 12.0. The summed E-state index contributed by atoms with van der Waals surface area (Å²) in [5, 5.41) is 3.65. The molecule has 19 heavy (non-hydrogen) atoms. The molecule has 1 aromatic carbocycles. The molecule has 0 aromatic heterocycles. The predicted molar refractivity (Wildman–Crippen MR) is 76.5 cm³/mol. The van der Waals surface area contributed by atoms with Crippen LogP contribution in [0.15, 0.2) is 18.2 Å². The third kappa shape index (κ3) is 2.69. The van der Waals surface area contributed by atoms with E-state index in [9.17, 15) is 4.39 Å². The zero-order valence-corrected chi connectivity index (χ0v) is 12.0. The third-order valence-electron chi connectivity index (χ3n) is 4.92. The quantitative estimate of drug-likeness (QED) is 0.836. The topological polar surface area (TPSA) is 12.0 Å². The Hall–Kier alpha value is -0.890. The standard InChI is InChI=1S/C17H24FN/c1-3-6-19-17(15-8-13-7-14(13)9-15)12-5-4-11(2)16(18)10-12/h4-5,10,13-15,17,19H,3,6-9H2,1-2H3. The van der Waals surface area contributed by atoms with E-state index in [2.05, 4.69) is 18.3 Å². The van der Waals surface area contributed by atoms with Crippen LogP contribution < -0.4 is 5.32 Å². The van der Waals surface area contributed by atoms with Crippen LogP contribution in [0.4, 0.5) is 4.39 Å². The van der Waals surface area contributed by atoms with Crippen molar-refractivity contribution in [2.24, 2.45) is 17.8 Å².